The van der Waals surface area contributed by atoms with Crippen LogP contribution in [0.2, 0.25) is 0 Å². The maximum atomic E-state index is 12.6. The summed E-state index contributed by atoms with van der Waals surface area (Å²) in [5.41, 5.74) is 0.778. The molecule has 0 aromatic heterocycles. The molecular weight excluding hydrogens is 384 g/mol. The third-order valence-electron chi connectivity index (χ3n) is 3.83. The maximum Gasteiger partial charge on any atom is 0.308 e. The molecule has 1 heterocycles. The highest BCUT2D eigenvalue weighted by molar-refractivity contribution is 8.18. The van der Waals surface area contributed by atoms with Gasteiger partial charge in [-0.05, 0) is 35.5 Å². The van der Waals surface area contributed by atoms with Gasteiger partial charge in [-0.1, -0.05) is 30.3 Å². The van der Waals surface area contributed by atoms with Crippen LogP contribution in [0.5, 0.6) is 5.75 Å². The van der Waals surface area contributed by atoms with Crippen LogP contribution < -0.4 is 4.74 Å². The second-order valence-electron chi connectivity index (χ2n) is 5.82. The zero-order valence-corrected chi connectivity index (χ0v) is 15.5. The lowest BCUT2D eigenvalue weighted by molar-refractivity contribution is -0.385. The standard InChI is InChI=1S/C19H14N2O6S/c1-12(22)27-15-8-6-13(7-9-15)10-17-18(23)20(19(24)28-17)11-14-4-2-3-5-16(14)21(25)26/h2-10H,11H2,1H3/b17-10+. The SMILES string of the molecule is CC(=O)Oc1ccc(/C=C2/SC(=O)N(Cc3ccccc3[N+](=O)[O-])C2=O)cc1. The third kappa shape index (κ3) is 4.26. The molecule has 0 aliphatic carbocycles. The van der Waals surface area contributed by atoms with E-state index in [-0.39, 0.29) is 22.7 Å². The summed E-state index contributed by atoms with van der Waals surface area (Å²) >= 11 is 0.768. The summed E-state index contributed by atoms with van der Waals surface area (Å²) < 4.78 is 4.94. The Labute approximate surface area is 163 Å². The van der Waals surface area contributed by atoms with Gasteiger partial charge in [-0.2, -0.15) is 0 Å². The Hall–Kier alpha value is -3.46. The van der Waals surface area contributed by atoms with Crippen molar-refractivity contribution >= 4 is 40.6 Å². The Bertz CT molecular complexity index is 1000. The molecule has 1 fully saturated rings. The van der Waals surface area contributed by atoms with E-state index in [1.54, 1.807) is 36.4 Å². The predicted octanol–water partition coefficient (Wildman–Crippen LogP) is 3.76. The average molecular weight is 398 g/mol. The fourth-order valence-corrected chi connectivity index (χ4v) is 3.42. The van der Waals surface area contributed by atoms with Gasteiger partial charge >= 0.3 is 5.97 Å². The van der Waals surface area contributed by atoms with Crippen molar-refractivity contribution < 1.29 is 24.0 Å². The van der Waals surface area contributed by atoms with Crippen LogP contribution in [0.15, 0.2) is 53.4 Å². The number of benzene rings is 2. The van der Waals surface area contributed by atoms with Gasteiger partial charge < -0.3 is 4.74 Å². The van der Waals surface area contributed by atoms with Gasteiger partial charge in [-0.25, -0.2) is 0 Å². The maximum absolute atomic E-state index is 12.6. The van der Waals surface area contributed by atoms with E-state index in [9.17, 15) is 24.5 Å². The van der Waals surface area contributed by atoms with E-state index in [4.69, 9.17) is 4.74 Å². The number of nitro groups is 1. The van der Waals surface area contributed by atoms with E-state index < -0.39 is 22.0 Å². The second kappa shape index (κ2) is 8.05. The number of imide groups is 1. The molecule has 3 rings (SSSR count). The van der Waals surface area contributed by atoms with E-state index in [1.807, 2.05) is 0 Å². The number of para-hydroxylation sites is 1. The molecule has 0 spiro atoms. The van der Waals surface area contributed by atoms with Gasteiger partial charge in [-0.15, -0.1) is 0 Å². The summed E-state index contributed by atoms with van der Waals surface area (Å²) in [4.78, 5) is 47.6. The number of carbonyl (C=O) groups excluding carboxylic acids is 3. The molecule has 1 aliphatic heterocycles. The van der Waals surface area contributed by atoms with Crippen molar-refractivity contribution in [1.82, 2.24) is 4.90 Å². The molecule has 0 unspecified atom stereocenters. The first-order valence-electron chi connectivity index (χ1n) is 8.11. The van der Waals surface area contributed by atoms with E-state index in [0.717, 1.165) is 16.7 Å². The number of carbonyl (C=O) groups is 3. The topological polar surface area (TPSA) is 107 Å². The number of amides is 2. The molecule has 0 atom stereocenters. The summed E-state index contributed by atoms with van der Waals surface area (Å²) in [6, 6.07) is 12.4. The lowest BCUT2D eigenvalue weighted by atomic mass is 10.1. The fraction of sp³-hybridized carbons (Fsp3) is 0.105. The van der Waals surface area contributed by atoms with Crippen LogP contribution in [-0.2, 0) is 16.1 Å². The molecule has 1 aliphatic rings. The van der Waals surface area contributed by atoms with E-state index in [0.29, 0.717) is 11.3 Å². The smallest absolute Gasteiger partial charge is 0.308 e. The highest BCUT2D eigenvalue weighted by Crippen LogP contribution is 2.34. The molecule has 1 saturated heterocycles. The molecule has 142 valence electrons. The average Bonchev–Trinajstić information content (AvgIpc) is 2.90. The minimum absolute atomic E-state index is 0.147. The van der Waals surface area contributed by atoms with Crippen LogP contribution in [0.1, 0.15) is 18.1 Å². The number of esters is 1. The molecule has 0 radical (unpaired) electrons. The Morgan fingerprint density at radius 1 is 1.18 bits per heavy atom. The lowest BCUT2D eigenvalue weighted by Gasteiger charge is -2.12. The number of thioether (sulfide) groups is 1. The van der Waals surface area contributed by atoms with E-state index >= 15 is 0 Å². The Morgan fingerprint density at radius 2 is 1.86 bits per heavy atom. The Kier molecular flexibility index (Phi) is 5.55. The molecular formula is C19H14N2O6S. The van der Waals surface area contributed by atoms with Crippen LogP contribution >= 0.6 is 11.8 Å². The molecule has 0 bridgehead atoms. The zero-order chi connectivity index (χ0) is 20.3. The molecule has 2 aromatic rings. The van der Waals surface area contributed by atoms with Crippen molar-refractivity contribution in [2.24, 2.45) is 0 Å². The number of rotatable bonds is 5. The van der Waals surface area contributed by atoms with Gasteiger partial charge in [0, 0.05) is 18.6 Å². The van der Waals surface area contributed by atoms with Gasteiger partial charge in [0.2, 0.25) is 0 Å². The van der Waals surface area contributed by atoms with E-state index in [2.05, 4.69) is 0 Å². The van der Waals surface area contributed by atoms with Gasteiger partial charge in [-0.3, -0.25) is 29.4 Å². The van der Waals surface area contributed by atoms with Crippen molar-refractivity contribution in [1.29, 1.82) is 0 Å². The minimum Gasteiger partial charge on any atom is -0.427 e. The van der Waals surface area contributed by atoms with Crippen LogP contribution in [0.4, 0.5) is 10.5 Å². The van der Waals surface area contributed by atoms with Gasteiger partial charge in [0.15, 0.2) is 0 Å². The normalized spacial score (nSPS) is 15.2. The first-order chi connectivity index (χ1) is 13.3. The largest absolute Gasteiger partial charge is 0.427 e. The van der Waals surface area contributed by atoms with Crippen LogP contribution in [0.3, 0.4) is 0 Å². The minimum atomic E-state index is -0.547. The van der Waals surface area contributed by atoms with Crippen molar-refractivity contribution in [3.05, 3.63) is 74.7 Å². The van der Waals surface area contributed by atoms with E-state index in [1.165, 1.54) is 25.1 Å². The van der Waals surface area contributed by atoms with Crippen molar-refractivity contribution in [2.75, 3.05) is 0 Å². The summed E-state index contributed by atoms with van der Waals surface area (Å²) in [5, 5.41) is 10.6. The number of nitrogens with zero attached hydrogens (tertiary/aromatic N) is 2. The first-order valence-corrected chi connectivity index (χ1v) is 8.93. The first kappa shape index (κ1) is 19.3. The van der Waals surface area contributed by atoms with Crippen LogP contribution in [-0.4, -0.2) is 26.9 Å². The molecule has 0 N–H and O–H groups in total. The highest BCUT2D eigenvalue weighted by atomic mass is 32.2. The fourth-order valence-electron chi connectivity index (χ4n) is 2.58. The Balaban J connectivity index is 1.79. The van der Waals surface area contributed by atoms with Crippen LogP contribution in [0.25, 0.3) is 6.08 Å². The number of hydrogen-bond acceptors (Lipinski definition) is 7. The summed E-state index contributed by atoms with van der Waals surface area (Å²) in [6.45, 7) is 1.12. The quantitative estimate of drug-likeness (QED) is 0.248. The molecule has 2 amide bonds. The van der Waals surface area contributed by atoms with Gasteiger partial charge in [0.25, 0.3) is 16.8 Å². The predicted molar refractivity (Wildman–Crippen MR) is 102 cm³/mol. The number of hydrogen-bond donors (Lipinski definition) is 0. The molecule has 2 aromatic carbocycles. The van der Waals surface area contributed by atoms with Crippen molar-refractivity contribution in [3.63, 3.8) is 0 Å². The lowest BCUT2D eigenvalue weighted by Crippen LogP contribution is -2.27. The summed E-state index contributed by atoms with van der Waals surface area (Å²) in [5.74, 6) is -0.588. The van der Waals surface area contributed by atoms with Crippen LogP contribution in [0, 0.1) is 10.1 Å². The Morgan fingerprint density at radius 3 is 2.50 bits per heavy atom. The number of ether oxygens (including phenoxy) is 1. The van der Waals surface area contributed by atoms with Crippen molar-refractivity contribution in [3.8, 4) is 5.75 Å². The molecule has 0 saturated carbocycles. The number of nitro benzene ring substituents is 1. The zero-order valence-electron chi connectivity index (χ0n) is 14.7. The molecule has 28 heavy (non-hydrogen) atoms. The molecule has 8 nitrogen and oxygen atoms in total. The second-order valence-corrected chi connectivity index (χ2v) is 6.81. The monoisotopic (exact) mass is 398 g/mol. The van der Waals surface area contributed by atoms with Gasteiger partial charge in [0.1, 0.15) is 5.75 Å². The van der Waals surface area contributed by atoms with Gasteiger partial charge in [0.05, 0.1) is 16.4 Å². The highest BCUT2D eigenvalue weighted by Gasteiger charge is 2.36. The third-order valence-corrected chi connectivity index (χ3v) is 4.74. The molecule has 9 heteroatoms. The summed E-state index contributed by atoms with van der Waals surface area (Å²) in [7, 11) is 0. The van der Waals surface area contributed by atoms with Crippen molar-refractivity contribution in [2.45, 2.75) is 13.5 Å². The summed E-state index contributed by atoms with van der Waals surface area (Å²) in [6.07, 6.45) is 1.54.